The topological polar surface area (TPSA) is 29.5 Å². The molecule has 0 aliphatic rings. The zero-order valence-electron chi connectivity index (χ0n) is 17.9. The lowest BCUT2D eigenvalue weighted by molar-refractivity contribution is 0.282. The molecule has 33 heavy (non-hydrogen) atoms. The van der Waals surface area contributed by atoms with Crippen molar-refractivity contribution in [2.24, 2.45) is 0 Å². The van der Waals surface area contributed by atoms with Crippen molar-refractivity contribution in [1.82, 2.24) is 0 Å². The molecule has 0 unspecified atom stereocenters. The maximum absolute atomic E-state index is 14.9. The van der Waals surface area contributed by atoms with Crippen molar-refractivity contribution in [2.45, 2.75) is 6.61 Å². The smallest absolute Gasteiger partial charge is 0.167 e. The van der Waals surface area contributed by atoms with Gasteiger partial charge in [-0.05, 0) is 39.9 Å². The first-order chi connectivity index (χ1) is 16.0. The Morgan fingerprint density at radius 1 is 0.697 bits per heavy atom. The Morgan fingerprint density at radius 2 is 1.21 bits per heavy atom. The summed E-state index contributed by atoms with van der Waals surface area (Å²) in [6.45, 7) is -0.113. The number of methoxy groups -OCH3 is 1. The Morgan fingerprint density at radius 3 is 1.73 bits per heavy atom. The predicted molar refractivity (Wildman–Crippen MR) is 125 cm³/mol. The fourth-order valence-corrected chi connectivity index (χ4v) is 3.54. The van der Waals surface area contributed by atoms with Crippen molar-refractivity contribution in [3.8, 4) is 28.0 Å². The van der Waals surface area contributed by atoms with Gasteiger partial charge in [0.1, 0.15) is 0 Å². The van der Waals surface area contributed by atoms with Crippen LogP contribution in [0.5, 0.6) is 5.75 Å². The van der Waals surface area contributed by atoms with Gasteiger partial charge < -0.3 is 9.84 Å². The van der Waals surface area contributed by atoms with Crippen molar-refractivity contribution in [3.63, 3.8) is 0 Å². The van der Waals surface area contributed by atoms with E-state index in [1.165, 1.54) is 13.2 Å². The molecule has 0 spiro atoms. The lowest BCUT2D eigenvalue weighted by Gasteiger charge is -2.10. The molecule has 166 valence electrons. The zero-order valence-corrected chi connectivity index (χ0v) is 17.9. The van der Waals surface area contributed by atoms with Crippen molar-refractivity contribution >= 4 is 12.2 Å². The molecule has 4 aromatic rings. The molecule has 0 saturated carbocycles. The first kappa shape index (κ1) is 22.4. The van der Waals surface area contributed by atoms with E-state index in [9.17, 15) is 13.2 Å². The van der Waals surface area contributed by atoms with Gasteiger partial charge in [-0.3, -0.25) is 0 Å². The van der Waals surface area contributed by atoms with Crippen LogP contribution in [-0.2, 0) is 6.61 Å². The van der Waals surface area contributed by atoms with Crippen LogP contribution in [0, 0.1) is 17.5 Å². The molecule has 2 nitrogen and oxygen atoms in total. The molecule has 0 heterocycles. The molecule has 0 atom stereocenters. The molecule has 4 aromatic carbocycles. The summed E-state index contributed by atoms with van der Waals surface area (Å²) in [5, 5.41) is 9.14. The molecule has 0 saturated heterocycles. The first-order valence-corrected chi connectivity index (χ1v) is 10.3. The molecule has 0 aliphatic carbocycles. The normalized spacial score (nSPS) is 11.2. The molecule has 4 rings (SSSR count). The number of hydrogen-bond donors (Lipinski definition) is 1. The van der Waals surface area contributed by atoms with Crippen LogP contribution in [0.4, 0.5) is 13.2 Å². The van der Waals surface area contributed by atoms with Crippen LogP contribution in [0.2, 0.25) is 0 Å². The van der Waals surface area contributed by atoms with Crippen LogP contribution < -0.4 is 4.74 Å². The van der Waals surface area contributed by atoms with E-state index in [4.69, 9.17) is 9.84 Å². The Kier molecular flexibility index (Phi) is 6.61. The molecule has 0 fully saturated rings. The summed E-state index contributed by atoms with van der Waals surface area (Å²) < 4.78 is 48.4. The molecular formula is C28H21F3O2. The highest BCUT2D eigenvalue weighted by atomic mass is 19.2. The third-order valence-corrected chi connectivity index (χ3v) is 5.40. The Balaban J connectivity index is 1.56. The summed E-state index contributed by atoms with van der Waals surface area (Å²) in [4.78, 5) is 0. The van der Waals surface area contributed by atoms with Gasteiger partial charge in [-0.2, -0.15) is 0 Å². The largest absolute Gasteiger partial charge is 0.494 e. The fraction of sp³-hybridized carbons (Fsp3) is 0.0714. The van der Waals surface area contributed by atoms with E-state index < -0.39 is 17.5 Å². The Labute approximate surface area is 190 Å². The quantitative estimate of drug-likeness (QED) is 0.320. The molecule has 0 aliphatic heterocycles. The standard InChI is InChI=1S/C28H21F3O2/c1-33-26-15-8-19(16-25(26)29)3-2-18-4-9-21(10-5-18)23-13-14-24(28(31)27(23)30)22-11-6-20(17-32)7-12-22/h2-16,32H,17H2,1H3. The van der Waals surface area contributed by atoms with Crippen LogP contribution in [0.3, 0.4) is 0 Å². The molecule has 1 N–H and O–H groups in total. The van der Waals surface area contributed by atoms with Crippen molar-refractivity contribution in [3.05, 3.63) is 113 Å². The highest BCUT2D eigenvalue weighted by Gasteiger charge is 2.16. The number of aliphatic hydroxyl groups excluding tert-OH is 1. The minimum atomic E-state index is -0.922. The van der Waals surface area contributed by atoms with E-state index in [2.05, 4.69) is 0 Å². The second-order valence-corrected chi connectivity index (χ2v) is 7.49. The molecule has 0 radical (unpaired) electrons. The van der Waals surface area contributed by atoms with E-state index in [0.29, 0.717) is 22.3 Å². The van der Waals surface area contributed by atoms with Gasteiger partial charge in [0.25, 0.3) is 0 Å². The second-order valence-electron chi connectivity index (χ2n) is 7.49. The Hall–Kier alpha value is -3.83. The summed E-state index contributed by atoms with van der Waals surface area (Å²) in [6, 6.07) is 21.4. The summed E-state index contributed by atoms with van der Waals surface area (Å²) >= 11 is 0. The number of halogens is 3. The lowest BCUT2D eigenvalue weighted by Crippen LogP contribution is -1.94. The fourth-order valence-electron chi connectivity index (χ4n) is 3.54. The van der Waals surface area contributed by atoms with Crippen LogP contribution in [0.1, 0.15) is 16.7 Å². The van der Waals surface area contributed by atoms with Gasteiger partial charge >= 0.3 is 0 Å². The van der Waals surface area contributed by atoms with Gasteiger partial charge in [0.05, 0.1) is 13.7 Å². The van der Waals surface area contributed by atoms with Gasteiger partial charge in [-0.15, -0.1) is 0 Å². The van der Waals surface area contributed by atoms with Crippen molar-refractivity contribution in [1.29, 1.82) is 0 Å². The van der Waals surface area contributed by atoms with Crippen LogP contribution in [0.25, 0.3) is 34.4 Å². The summed E-state index contributed by atoms with van der Waals surface area (Å²) in [6.07, 6.45) is 3.57. The minimum absolute atomic E-state index is 0.113. The lowest BCUT2D eigenvalue weighted by atomic mass is 9.97. The van der Waals surface area contributed by atoms with Gasteiger partial charge in [-0.25, -0.2) is 13.2 Å². The molecule has 5 heteroatoms. The number of benzene rings is 4. The maximum Gasteiger partial charge on any atom is 0.167 e. The van der Waals surface area contributed by atoms with E-state index >= 15 is 0 Å². The average molecular weight is 446 g/mol. The molecule has 0 bridgehead atoms. The van der Waals surface area contributed by atoms with Gasteiger partial charge in [-0.1, -0.05) is 78.9 Å². The van der Waals surface area contributed by atoms with Crippen LogP contribution >= 0.6 is 0 Å². The van der Waals surface area contributed by atoms with Gasteiger partial charge in [0.2, 0.25) is 0 Å². The summed E-state index contributed by atoms with van der Waals surface area (Å²) in [7, 11) is 1.41. The van der Waals surface area contributed by atoms with E-state index in [0.717, 1.165) is 5.56 Å². The molecular weight excluding hydrogens is 425 g/mol. The zero-order chi connectivity index (χ0) is 23.4. The average Bonchev–Trinajstić information content (AvgIpc) is 2.85. The van der Waals surface area contributed by atoms with E-state index in [1.807, 2.05) is 0 Å². The SMILES string of the molecule is COc1ccc(C=Cc2ccc(-c3ccc(-c4ccc(CO)cc4)c(F)c3F)cc2)cc1F. The van der Waals surface area contributed by atoms with Crippen molar-refractivity contribution < 1.29 is 23.0 Å². The van der Waals surface area contributed by atoms with Gasteiger partial charge in [0, 0.05) is 11.1 Å². The summed E-state index contributed by atoms with van der Waals surface area (Å²) in [5.74, 6) is -2.11. The third kappa shape index (κ3) is 4.83. The highest BCUT2D eigenvalue weighted by molar-refractivity contribution is 5.74. The third-order valence-electron chi connectivity index (χ3n) is 5.40. The summed E-state index contributed by atoms with van der Waals surface area (Å²) in [5.41, 5.74) is 3.60. The highest BCUT2D eigenvalue weighted by Crippen LogP contribution is 2.32. The van der Waals surface area contributed by atoms with E-state index in [1.54, 1.807) is 84.9 Å². The van der Waals surface area contributed by atoms with E-state index in [-0.39, 0.29) is 23.5 Å². The molecule has 0 aromatic heterocycles. The monoisotopic (exact) mass is 446 g/mol. The number of aliphatic hydroxyl groups is 1. The second kappa shape index (κ2) is 9.76. The maximum atomic E-state index is 14.9. The minimum Gasteiger partial charge on any atom is -0.494 e. The Bertz CT molecular complexity index is 1290. The molecule has 0 amide bonds. The van der Waals surface area contributed by atoms with Crippen LogP contribution in [0.15, 0.2) is 78.9 Å². The predicted octanol–water partition coefficient (Wildman–Crippen LogP) is 7.11. The number of hydrogen-bond acceptors (Lipinski definition) is 2. The number of ether oxygens (including phenoxy) is 1. The first-order valence-electron chi connectivity index (χ1n) is 10.3. The van der Waals surface area contributed by atoms with Crippen molar-refractivity contribution in [2.75, 3.05) is 7.11 Å². The van der Waals surface area contributed by atoms with Crippen LogP contribution in [-0.4, -0.2) is 12.2 Å². The van der Waals surface area contributed by atoms with Gasteiger partial charge in [0.15, 0.2) is 23.2 Å². The number of rotatable bonds is 6.